The third-order valence-electron chi connectivity index (χ3n) is 4.54. The topological polar surface area (TPSA) is 0 Å². The van der Waals surface area contributed by atoms with Crippen LogP contribution in [0.15, 0.2) is 0 Å². The van der Waals surface area contributed by atoms with Gasteiger partial charge >= 0.3 is 0 Å². The Labute approximate surface area is 76.7 Å². The third kappa shape index (κ3) is 1.20. The Morgan fingerprint density at radius 2 is 1.83 bits per heavy atom. The minimum Gasteiger partial charge on any atom is -0.0625 e. The molecule has 0 aliphatic heterocycles. The van der Waals surface area contributed by atoms with Crippen molar-refractivity contribution in [1.29, 1.82) is 0 Å². The molecule has 0 heteroatoms. The van der Waals surface area contributed by atoms with Crippen molar-refractivity contribution >= 4 is 0 Å². The average Bonchev–Trinajstić information content (AvgIpc) is 2.27. The fraction of sp³-hybridized carbons (Fsp3) is 1.00. The van der Waals surface area contributed by atoms with Crippen molar-refractivity contribution < 1.29 is 0 Å². The van der Waals surface area contributed by atoms with Crippen molar-refractivity contribution in [2.75, 3.05) is 0 Å². The Hall–Kier alpha value is 0. The molecule has 0 nitrogen and oxygen atoms in total. The second-order valence-electron chi connectivity index (χ2n) is 5.66. The van der Waals surface area contributed by atoms with E-state index >= 15 is 0 Å². The molecule has 4 atom stereocenters. The van der Waals surface area contributed by atoms with E-state index < -0.39 is 0 Å². The quantitative estimate of drug-likeness (QED) is 0.512. The van der Waals surface area contributed by atoms with Crippen LogP contribution in [0.4, 0.5) is 0 Å². The molecule has 0 spiro atoms. The molecule has 2 aliphatic rings. The highest BCUT2D eigenvalue weighted by Crippen LogP contribution is 2.55. The first-order valence-corrected chi connectivity index (χ1v) is 5.62. The van der Waals surface area contributed by atoms with Gasteiger partial charge in [0.15, 0.2) is 0 Å². The fourth-order valence-electron chi connectivity index (χ4n) is 3.88. The zero-order chi connectivity index (χ0) is 8.77. The normalized spacial score (nSPS) is 53.8. The maximum absolute atomic E-state index is 2.54. The van der Waals surface area contributed by atoms with Crippen LogP contribution in [0.25, 0.3) is 0 Å². The smallest absolute Gasteiger partial charge is 0.0292 e. The molecule has 0 N–H and O–H groups in total. The van der Waals surface area contributed by atoms with Crippen LogP contribution >= 0.6 is 0 Å². The number of fused-ring (bicyclic) bond motifs is 1. The molecule has 0 heterocycles. The Kier molecular flexibility index (Phi) is 1.97. The Bertz CT molecular complexity index is 173. The van der Waals surface area contributed by atoms with Gasteiger partial charge in [0.2, 0.25) is 0 Å². The van der Waals surface area contributed by atoms with Crippen molar-refractivity contribution in [2.45, 2.75) is 52.9 Å². The monoisotopic (exact) mass is 166 g/mol. The van der Waals surface area contributed by atoms with E-state index in [9.17, 15) is 0 Å². The van der Waals surface area contributed by atoms with E-state index in [0.29, 0.717) is 0 Å². The Morgan fingerprint density at radius 1 is 1.08 bits per heavy atom. The molecular weight excluding hydrogens is 144 g/mol. The van der Waals surface area contributed by atoms with Crippen molar-refractivity contribution in [3.63, 3.8) is 0 Å². The van der Waals surface area contributed by atoms with Gasteiger partial charge < -0.3 is 0 Å². The second-order valence-corrected chi connectivity index (χ2v) is 5.66. The average molecular weight is 166 g/mol. The lowest BCUT2D eigenvalue weighted by molar-refractivity contribution is 0.0947. The first-order chi connectivity index (χ1) is 5.62. The van der Waals surface area contributed by atoms with Crippen LogP contribution in [0.5, 0.6) is 0 Å². The first kappa shape index (κ1) is 8.59. The number of hydrogen-bond acceptors (Lipinski definition) is 0. The Balaban J connectivity index is 2.14. The molecule has 2 aliphatic carbocycles. The molecule has 0 bridgehead atoms. The summed E-state index contributed by atoms with van der Waals surface area (Å²) in [6.07, 6.45) is 7.50. The van der Waals surface area contributed by atoms with Crippen LogP contribution in [-0.2, 0) is 0 Å². The molecule has 12 heavy (non-hydrogen) atoms. The number of hydrogen-bond donors (Lipinski definition) is 0. The van der Waals surface area contributed by atoms with E-state index in [2.05, 4.69) is 20.8 Å². The predicted octanol–water partition coefficient (Wildman–Crippen LogP) is 3.86. The highest BCUT2D eigenvalue weighted by Gasteiger charge is 2.45. The first-order valence-electron chi connectivity index (χ1n) is 5.62. The maximum Gasteiger partial charge on any atom is -0.0292 e. The molecule has 2 rings (SSSR count). The lowest BCUT2D eigenvalue weighted by Crippen LogP contribution is -2.31. The SMILES string of the molecule is CC1CCC2C(C)CCC2(C)C1. The van der Waals surface area contributed by atoms with Gasteiger partial charge in [-0.05, 0) is 48.9 Å². The van der Waals surface area contributed by atoms with Crippen LogP contribution < -0.4 is 0 Å². The molecule has 0 aromatic heterocycles. The molecule has 2 fully saturated rings. The van der Waals surface area contributed by atoms with Gasteiger partial charge in [-0.25, -0.2) is 0 Å². The summed E-state index contributed by atoms with van der Waals surface area (Å²) in [6, 6.07) is 0. The highest BCUT2D eigenvalue weighted by molar-refractivity contribution is 4.95. The summed E-state index contributed by atoms with van der Waals surface area (Å²) in [4.78, 5) is 0. The second kappa shape index (κ2) is 2.75. The largest absolute Gasteiger partial charge is 0.0625 e. The maximum atomic E-state index is 2.54. The van der Waals surface area contributed by atoms with E-state index in [1.165, 1.54) is 32.1 Å². The van der Waals surface area contributed by atoms with Gasteiger partial charge in [0.25, 0.3) is 0 Å². The molecule has 0 aromatic rings. The molecule has 0 aromatic carbocycles. The van der Waals surface area contributed by atoms with Crippen molar-refractivity contribution in [2.24, 2.45) is 23.2 Å². The van der Waals surface area contributed by atoms with Crippen LogP contribution in [0.2, 0.25) is 0 Å². The van der Waals surface area contributed by atoms with E-state index in [1.54, 1.807) is 0 Å². The van der Waals surface area contributed by atoms with Gasteiger partial charge in [-0.15, -0.1) is 0 Å². The van der Waals surface area contributed by atoms with E-state index in [0.717, 1.165) is 23.2 Å². The molecule has 0 radical (unpaired) electrons. The summed E-state index contributed by atoms with van der Waals surface area (Å²) < 4.78 is 0. The van der Waals surface area contributed by atoms with Gasteiger partial charge in [-0.1, -0.05) is 27.2 Å². The summed E-state index contributed by atoms with van der Waals surface area (Å²) in [5.41, 5.74) is 0.733. The van der Waals surface area contributed by atoms with E-state index in [-0.39, 0.29) is 0 Å². The molecule has 2 saturated carbocycles. The van der Waals surface area contributed by atoms with Crippen LogP contribution in [0.3, 0.4) is 0 Å². The summed E-state index contributed by atoms with van der Waals surface area (Å²) in [7, 11) is 0. The molecule has 0 saturated heterocycles. The van der Waals surface area contributed by atoms with Gasteiger partial charge in [0.05, 0.1) is 0 Å². The van der Waals surface area contributed by atoms with E-state index in [1.807, 2.05) is 0 Å². The zero-order valence-corrected chi connectivity index (χ0v) is 8.77. The van der Waals surface area contributed by atoms with Crippen LogP contribution in [0.1, 0.15) is 52.9 Å². The summed E-state index contributed by atoms with van der Waals surface area (Å²) >= 11 is 0. The zero-order valence-electron chi connectivity index (χ0n) is 8.77. The van der Waals surface area contributed by atoms with Crippen LogP contribution in [-0.4, -0.2) is 0 Å². The summed E-state index contributed by atoms with van der Waals surface area (Å²) in [6.45, 7) is 7.44. The summed E-state index contributed by atoms with van der Waals surface area (Å²) in [5, 5.41) is 0. The predicted molar refractivity (Wildman–Crippen MR) is 53.0 cm³/mol. The Morgan fingerprint density at radius 3 is 2.58 bits per heavy atom. The molecule has 0 amide bonds. The fourth-order valence-corrected chi connectivity index (χ4v) is 3.88. The van der Waals surface area contributed by atoms with Crippen molar-refractivity contribution in [1.82, 2.24) is 0 Å². The molecular formula is C12H22. The lowest BCUT2D eigenvalue weighted by Gasteiger charge is -2.41. The third-order valence-corrected chi connectivity index (χ3v) is 4.54. The van der Waals surface area contributed by atoms with Crippen molar-refractivity contribution in [3.05, 3.63) is 0 Å². The van der Waals surface area contributed by atoms with Crippen molar-refractivity contribution in [3.8, 4) is 0 Å². The van der Waals surface area contributed by atoms with Gasteiger partial charge in [0.1, 0.15) is 0 Å². The molecule has 4 unspecified atom stereocenters. The standard InChI is InChI=1S/C12H22/c1-9-4-5-11-10(2)6-7-12(11,3)8-9/h9-11H,4-8H2,1-3H3. The van der Waals surface area contributed by atoms with Crippen LogP contribution in [0, 0.1) is 23.2 Å². The lowest BCUT2D eigenvalue weighted by atomic mass is 9.65. The minimum absolute atomic E-state index is 0.733. The summed E-state index contributed by atoms with van der Waals surface area (Å²) in [5.74, 6) is 3.08. The molecule has 70 valence electrons. The highest BCUT2D eigenvalue weighted by atomic mass is 14.5. The minimum atomic E-state index is 0.733. The van der Waals surface area contributed by atoms with Gasteiger partial charge in [0, 0.05) is 0 Å². The van der Waals surface area contributed by atoms with E-state index in [4.69, 9.17) is 0 Å². The van der Waals surface area contributed by atoms with Gasteiger partial charge in [-0.3, -0.25) is 0 Å². The number of rotatable bonds is 0. The van der Waals surface area contributed by atoms with Gasteiger partial charge in [-0.2, -0.15) is 0 Å².